The average molecular weight is 274 g/mol. The summed E-state index contributed by atoms with van der Waals surface area (Å²) in [5.41, 5.74) is 7.36. The Morgan fingerprint density at radius 2 is 2.00 bits per heavy atom. The van der Waals surface area contributed by atoms with Gasteiger partial charge in [0.1, 0.15) is 5.82 Å². The summed E-state index contributed by atoms with van der Waals surface area (Å²) in [7, 11) is -1.35. The van der Waals surface area contributed by atoms with Crippen molar-refractivity contribution < 1.29 is 8.42 Å². The largest absolute Gasteiger partial charge is 0.394 e. The van der Waals surface area contributed by atoms with E-state index in [1.807, 2.05) is 6.92 Å². The maximum absolute atomic E-state index is 11.6. The first kappa shape index (κ1) is 14.8. The molecule has 1 heterocycles. The van der Waals surface area contributed by atoms with Crippen LogP contribution in [-0.4, -0.2) is 35.7 Å². The predicted octanol–water partition coefficient (Wildman–Crippen LogP) is 0.800. The first-order valence-electron chi connectivity index (χ1n) is 5.85. The molecule has 1 aromatic heterocycles. The van der Waals surface area contributed by atoms with Gasteiger partial charge in [0.25, 0.3) is 0 Å². The van der Waals surface area contributed by atoms with Gasteiger partial charge in [-0.05, 0) is 20.3 Å². The zero-order valence-corrected chi connectivity index (χ0v) is 12.4. The van der Waals surface area contributed by atoms with E-state index in [0.717, 1.165) is 12.1 Å². The molecule has 0 aliphatic rings. The summed E-state index contributed by atoms with van der Waals surface area (Å²) in [5, 5.41) is 7.35. The highest BCUT2D eigenvalue weighted by Gasteiger charge is 2.30. The molecule has 0 saturated heterocycles. The van der Waals surface area contributed by atoms with E-state index in [2.05, 4.69) is 10.4 Å². The highest BCUT2D eigenvalue weighted by Crippen LogP contribution is 2.24. The lowest BCUT2D eigenvalue weighted by Gasteiger charge is -2.23. The van der Waals surface area contributed by atoms with Crippen molar-refractivity contribution in [2.75, 3.05) is 23.9 Å². The molecule has 0 aliphatic heterocycles. The zero-order chi connectivity index (χ0) is 14.1. The van der Waals surface area contributed by atoms with Gasteiger partial charge in [-0.1, -0.05) is 6.92 Å². The molecular formula is C11H22N4O2S. The Bertz CT molecular complexity index is 531. The Balaban J connectivity index is 2.91. The van der Waals surface area contributed by atoms with Crippen LogP contribution >= 0.6 is 0 Å². The van der Waals surface area contributed by atoms with Crippen LogP contribution in [0, 0.1) is 0 Å². The second-order valence-corrected chi connectivity index (χ2v) is 7.72. The third-order valence-corrected chi connectivity index (χ3v) is 5.33. The molecule has 6 nitrogen and oxygen atoms in total. The number of hydrogen-bond donors (Lipinski definition) is 2. The van der Waals surface area contributed by atoms with E-state index in [1.165, 1.54) is 6.26 Å². The van der Waals surface area contributed by atoms with Crippen LogP contribution in [0.1, 0.15) is 26.5 Å². The topological polar surface area (TPSA) is 90.0 Å². The third-order valence-electron chi connectivity index (χ3n) is 3.18. The summed E-state index contributed by atoms with van der Waals surface area (Å²) in [6.07, 6.45) is 1.98. The number of aryl methyl sites for hydroxylation is 2. The maximum Gasteiger partial charge on any atom is 0.154 e. The normalized spacial score (nSPS) is 12.7. The fourth-order valence-corrected chi connectivity index (χ4v) is 1.83. The lowest BCUT2D eigenvalue weighted by atomic mass is 10.2. The number of nitrogens with two attached hydrogens (primary N) is 1. The van der Waals surface area contributed by atoms with E-state index in [0.29, 0.717) is 18.1 Å². The number of rotatable bonds is 5. The van der Waals surface area contributed by atoms with Crippen molar-refractivity contribution in [3.8, 4) is 0 Å². The van der Waals surface area contributed by atoms with Crippen molar-refractivity contribution in [3.05, 3.63) is 5.69 Å². The quantitative estimate of drug-likeness (QED) is 0.829. The first-order chi connectivity index (χ1) is 8.10. The van der Waals surface area contributed by atoms with Crippen LogP contribution in [0.15, 0.2) is 0 Å². The van der Waals surface area contributed by atoms with E-state index in [-0.39, 0.29) is 0 Å². The van der Waals surface area contributed by atoms with E-state index in [9.17, 15) is 8.42 Å². The molecule has 0 amide bonds. The third kappa shape index (κ3) is 2.77. The van der Waals surface area contributed by atoms with Gasteiger partial charge in [0, 0.05) is 19.8 Å². The lowest BCUT2D eigenvalue weighted by Crippen LogP contribution is -2.38. The second kappa shape index (κ2) is 4.79. The van der Waals surface area contributed by atoms with E-state index < -0.39 is 14.6 Å². The number of aromatic nitrogens is 2. The van der Waals surface area contributed by atoms with Crippen LogP contribution < -0.4 is 11.1 Å². The molecule has 0 aromatic carbocycles. The molecule has 0 bridgehead atoms. The van der Waals surface area contributed by atoms with Gasteiger partial charge < -0.3 is 11.1 Å². The number of hydrogen-bond acceptors (Lipinski definition) is 5. The van der Waals surface area contributed by atoms with Gasteiger partial charge in [0.05, 0.1) is 16.1 Å². The number of nitrogens with zero attached hydrogens (tertiary/aromatic N) is 2. The predicted molar refractivity (Wildman–Crippen MR) is 74.4 cm³/mol. The Kier molecular flexibility index (Phi) is 3.95. The van der Waals surface area contributed by atoms with Gasteiger partial charge in [-0.15, -0.1) is 0 Å². The van der Waals surface area contributed by atoms with E-state index in [1.54, 1.807) is 25.6 Å². The summed E-state index contributed by atoms with van der Waals surface area (Å²) in [6, 6.07) is 0. The van der Waals surface area contributed by atoms with Gasteiger partial charge in [-0.2, -0.15) is 5.10 Å². The van der Waals surface area contributed by atoms with Gasteiger partial charge in [0.15, 0.2) is 9.84 Å². The molecule has 0 radical (unpaired) electrons. The lowest BCUT2D eigenvalue weighted by molar-refractivity contribution is 0.559. The molecule has 7 heteroatoms. The van der Waals surface area contributed by atoms with Crippen LogP contribution in [0.25, 0.3) is 0 Å². The standard InChI is InChI=1S/C11H22N4O2S/c1-6-8-9(12)10(15(4)14-8)13-7-11(2,3)18(5,16)17/h13H,6-7,12H2,1-5H3. The van der Waals surface area contributed by atoms with Crippen molar-refractivity contribution in [3.63, 3.8) is 0 Å². The molecule has 3 N–H and O–H groups in total. The van der Waals surface area contributed by atoms with Gasteiger partial charge >= 0.3 is 0 Å². The van der Waals surface area contributed by atoms with Crippen LogP contribution in [0.5, 0.6) is 0 Å². The smallest absolute Gasteiger partial charge is 0.154 e. The summed E-state index contributed by atoms with van der Waals surface area (Å²) in [5.74, 6) is 0.670. The molecule has 0 saturated carbocycles. The van der Waals surface area contributed by atoms with Crippen LogP contribution in [0.2, 0.25) is 0 Å². The Labute approximate surface area is 108 Å². The highest BCUT2D eigenvalue weighted by molar-refractivity contribution is 7.92. The number of sulfone groups is 1. The molecular weight excluding hydrogens is 252 g/mol. The highest BCUT2D eigenvalue weighted by atomic mass is 32.2. The Morgan fingerprint density at radius 3 is 2.39 bits per heavy atom. The van der Waals surface area contributed by atoms with E-state index >= 15 is 0 Å². The summed E-state index contributed by atoms with van der Waals surface area (Å²) in [6.45, 7) is 5.63. The Morgan fingerprint density at radius 1 is 1.44 bits per heavy atom. The minimum atomic E-state index is -3.13. The van der Waals surface area contributed by atoms with Crippen molar-refractivity contribution in [1.29, 1.82) is 0 Å². The minimum Gasteiger partial charge on any atom is -0.394 e. The maximum atomic E-state index is 11.6. The first-order valence-corrected chi connectivity index (χ1v) is 7.74. The zero-order valence-electron chi connectivity index (χ0n) is 11.6. The monoisotopic (exact) mass is 274 g/mol. The van der Waals surface area contributed by atoms with Crippen molar-refractivity contribution in [2.45, 2.75) is 31.9 Å². The molecule has 104 valence electrons. The second-order valence-electron chi connectivity index (χ2n) is 5.07. The van der Waals surface area contributed by atoms with Gasteiger partial charge in [-0.25, -0.2) is 8.42 Å². The molecule has 0 atom stereocenters. The minimum absolute atomic E-state index is 0.290. The molecule has 1 rings (SSSR count). The number of nitrogens with one attached hydrogen (secondary N) is 1. The molecule has 1 aromatic rings. The van der Waals surface area contributed by atoms with Crippen molar-refractivity contribution in [2.24, 2.45) is 7.05 Å². The van der Waals surface area contributed by atoms with Gasteiger partial charge in [-0.3, -0.25) is 4.68 Å². The molecule has 18 heavy (non-hydrogen) atoms. The summed E-state index contributed by atoms with van der Waals surface area (Å²) in [4.78, 5) is 0. The average Bonchev–Trinajstić information content (AvgIpc) is 2.50. The fraction of sp³-hybridized carbons (Fsp3) is 0.727. The molecule has 0 spiro atoms. The van der Waals surface area contributed by atoms with Crippen LogP contribution in [0.4, 0.5) is 11.5 Å². The number of anilines is 2. The van der Waals surface area contributed by atoms with Crippen LogP contribution in [-0.2, 0) is 23.3 Å². The van der Waals surface area contributed by atoms with Crippen LogP contribution in [0.3, 0.4) is 0 Å². The SMILES string of the molecule is CCc1nn(C)c(NCC(C)(C)S(C)(=O)=O)c1N. The molecule has 0 aliphatic carbocycles. The van der Waals surface area contributed by atoms with E-state index in [4.69, 9.17) is 5.73 Å². The Hall–Kier alpha value is -1.24. The summed E-state index contributed by atoms with van der Waals surface area (Å²) >= 11 is 0. The van der Waals surface area contributed by atoms with Crippen molar-refractivity contribution in [1.82, 2.24) is 9.78 Å². The fourth-order valence-electron chi connectivity index (χ4n) is 1.49. The summed E-state index contributed by atoms with van der Waals surface area (Å²) < 4.78 is 24.0. The molecule has 0 fully saturated rings. The molecule has 0 unspecified atom stereocenters. The van der Waals surface area contributed by atoms with Crippen molar-refractivity contribution >= 4 is 21.3 Å². The number of nitrogen functional groups attached to an aromatic ring is 1. The van der Waals surface area contributed by atoms with Gasteiger partial charge in [0.2, 0.25) is 0 Å².